The van der Waals surface area contributed by atoms with Crippen molar-refractivity contribution < 1.29 is 13.9 Å². The highest BCUT2D eigenvalue weighted by molar-refractivity contribution is 5.92. The van der Waals surface area contributed by atoms with Gasteiger partial charge in [-0.1, -0.05) is 0 Å². The highest BCUT2D eigenvalue weighted by Gasteiger charge is 2.09. The minimum atomic E-state index is -0.440. The first-order chi connectivity index (χ1) is 13.7. The van der Waals surface area contributed by atoms with Crippen molar-refractivity contribution in [2.24, 2.45) is 0 Å². The summed E-state index contributed by atoms with van der Waals surface area (Å²) in [5.74, 6) is 1.93. The number of aromatic amines is 1. The summed E-state index contributed by atoms with van der Waals surface area (Å²) in [5, 5.41) is 14.3. The lowest BCUT2D eigenvalue weighted by Crippen LogP contribution is -2.01. The predicted molar refractivity (Wildman–Crippen MR) is 104 cm³/mol. The summed E-state index contributed by atoms with van der Waals surface area (Å²) < 4.78 is 23.8. The van der Waals surface area contributed by atoms with Crippen LogP contribution < -0.4 is 20.1 Å². The number of nitrogens with one attached hydrogen (secondary N) is 3. The van der Waals surface area contributed by atoms with Crippen LogP contribution in [0.3, 0.4) is 0 Å². The second-order valence-electron chi connectivity index (χ2n) is 5.85. The average molecular weight is 380 g/mol. The third-order valence-electron chi connectivity index (χ3n) is 4.08. The van der Waals surface area contributed by atoms with Gasteiger partial charge >= 0.3 is 0 Å². The molecule has 0 aliphatic rings. The molecule has 8 nitrogen and oxygen atoms in total. The Bertz CT molecular complexity index is 1130. The molecule has 2 heterocycles. The summed E-state index contributed by atoms with van der Waals surface area (Å²) >= 11 is 0. The lowest BCUT2D eigenvalue weighted by molar-refractivity contribution is 0.387. The number of hydrogen-bond donors (Lipinski definition) is 3. The number of halogens is 1. The Morgan fingerprint density at radius 1 is 1.00 bits per heavy atom. The third-order valence-corrected chi connectivity index (χ3v) is 4.08. The number of H-pyrrole nitrogens is 1. The SMILES string of the molecule is COc1ccc2[nH]nc(Nc3ccnc(Nc4ccc(F)c(OC)c4)n3)c2c1. The van der Waals surface area contributed by atoms with Crippen molar-refractivity contribution in [1.29, 1.82) is 0 Å². The van der Waals surface area contributed by atoms with Crippen molar-refractivity contribution in [3.05, 3.63) is 54.5 Å². The van der Waals surface area contributed by atoms with Crippen LogP contribution in [-0.2, 0) is 0 Å². The van der Waals surface area contributed by atoms with Gasteiger partial charge in [-0.2, -0.15) is 10.1 Å². The fourth-order valence-electron chi connectivity index (χ4n) is 2.69. The maximum absolute atomic E-state index is 13.6. The smallest absolute Gasteiger partial charge is 0.229 e. The molecule has 0 radical (unpaired) electrons. The van der Waals surface area contributed by atoms with Gasteiger partial charge in [0.25, 0.3) is 0 Å². The first-order valence-corrected chi connectivity index (χ1v) is 8.39. The van der Waals surface area contributed by atoms with E-state index in [1.54, 1.807) is 25.4 Å². The number of methoxy groups -OCH3 is 2. The molecule has 0 bridgehead atoms. The molecule has 28 heavy (non-hydrogen) atoms. The maximum Gasteiger partial charge on any atom is 0.229 e. The summed E-state index contributed by atoms with van der Waals surface area (Å²) in [7, 11) is 3.02. The number of benzene rings is 2. The van der Waals surface area contributed by atoms with Gasteiger partial charge in [-0.25, -0.2) is 9.37 Å². The predicted octanol–water partition coefficient (Wildman–Crippen LogP) is 4.00. The number of anilines is 4. The van der Waals surface area contributed by atoms with Crippen LogP contribution in [0.2, 0.25) is 0 Å². The van der Waals surface area contributed by atoms with E-state index in [-0.39, 0.29) is 5.75 Å². The molecule has 0 aliphatic heterocycles. The zero-order valence-electron chi connectivity index (χ0n) is 15.2. The molecule has 2 aromatic heterocycles. The molecule has 2 aromatic carbocycles. The van der Waals surface area contributed by atoms with Crippen molar-refractivity contribution in [2.75, 3.05) is 24.9 Å². The molecule has 0 amide bonds. The Labute approximate surface area is 159 Å². The zero-order chi connectivity index (χ0) is 19.5. The van der Waals surface area contributed by atoms with E-state index in [0.29, 0.717) is 23.3 Å². The van der Waals surface area contributed by atoms with Gasteiger partial charge in [0.15, 0.2) is 17.4 Å². The highest BCUT2D eigenvalue weighted by Crippen LogP contribution is 2.28. The lowest BCUT2D eigenvalue weighted by Gasteiger charge is -2.09. The van der Waals surface area contributed by atoms with E-state index in [1.807, 2.05) is 18.2 Å². The van der Waals surface area contributed by atoms with Crippen LogP contribution in [0.25, 0.3) is 10.9 Å². The Hall–Kier alpha value is -3.88. The molecule has 0 saturated carbocycles. The van der Waals surface area contributed by atoms with Crippen LogP contribution in [-0.4, -0.2) is 34.4 Å². The number of hydrogen-bond acceptors (Lipinski definition) is 7. The normalized spacial score (nSPS) is 10.7. The molecule has 0 saturated heterocycles. The fourth-order valence-corrected chi connectivity index (χ4v) is 2.69. The summed E-state index contributed by atoms with van der Waals surface area (Å²) in [5.41, 5.74) is 1.47. The largest absolute Gasteiger partial charge is 0.497 e. The van der Waals surface area contributed by atoms with Crippen molar-refractivity contribution in [1.82, 2.24) is 20.2 Å². The quantitative estimate of drug-likeness (QED) is 0.465. The molecule has 0 spiro atoms. The minimum Gasteiger partial charge on any atom is -0.497 e. The molecule has 0 unspecified atom stereocenters. The molecular formula is C19H17FN6O2. The van der Waals surface area contributed by atoms with Crippen molar-refractivity contribution >= 4 is 34.2 Å². The number of nitrogens with zero attached hydrogens (tertiary/aromatic N) is 3. The molecule has 0 aliphatic carbocycles. The van der Waals surface area contributed by atoms with E-state index in [2.05, 4.69) is 30.8 Å². The summed E-state index contributed by atoms with van der Waals surface area (Å²) in [6.07, 6.45) is 1.61. The lowest BCUT2D eigenvalue weighted by atomic mass is 10.2. The van der Waals surface area contributed by atoms with Crippen LogP contribution in [0.15, 0.2) is 48.7 Å². The van der Waals surface area contributed by atoms with Gasteiger partial charge in [-0.15, -0.1) is 0 Å². The summed E-state index contributed by atoms with van der Waals surface area (Å²) in [6.45, 7) is 0. The van der Waals surface area contributed by atoms with Gasteiger partial charge in [0.2, 0.25) is 5.95 Å². The van der Waals surface area contributed by atoms with Gasteiger partial charge in [0, 0.05) is 23.3 Å². The van der Waals surface area contributed by atoms with Gasteiger partial charge < -0.3 is 20.1 Å². The topological polar surface area (TPSA) is 97.0 Å². The average Bonchev–Trinajstić information content (AvgIpc) is 3.11. The van der Waals surface area contributed by atoms with Gasteiger partial charge in [-0.05, 0) is 36.4 Å². The first kappa shape index (κ1) is 17.5. The Kier molecular flexibility index (Phi) is 4.63. The molecule has 0 atom stereocenters. The molecule has 0 fully saturated rings. The minimum absolute atomic E-state index is 0.135. The van der Waals surface area contributed by atoms with Gasteiger partial charge in [-0.3, -0.25) is 5.10 Å². The number of rotatable bonds is 6. The second kappa shape index (κ2) is 7.39. The van der Waals surface area contributed by atoms with Gasteiger partial charge in [0.05, 0.1) is 19.7 Å². The van der Waals surface area contributed by atoms with Crippen LogP contribution in [0, 0.1) is 5.82 Å². The van der Waals surface area contributed by atoms with Crippen LogP contribution in [0.4, 0.5) is 27.7 Å². The van der Waals surface area contributed by atoms with Crippen molar-refractivity contribution in [2.45, 2.75) is 0 Å². The summed E-state index contributed by atoms with van der Waals surface area (Å²) in [4.78, 5) is 8.60. The molecule has 4 aromatic rings. The molecule has 142 valence electrons. The first-order valence-electron chi connectivity index (χ1n) is 8.39. The molecule has 9 heteroatoms. The van der Waals surface area contributed by atoms with E-state index in [1.165, 1.54) is 19.2 Å². The Balaban J connectivity index is 1.58. The van der Waals surface area contributed by atoms with Crippen LogP contribution in [0.5, 0.6) is 11.5 Å². The van der Waals surface area contributed by atoms with Crippen LogP contribution in [0.1, 0.15) is 0 Å². The Morgan fingerprint density at radius 2 is 1.89 bits per heavy atom. The standard InChI is InChI=1S/C19H17FN6O2/c1-27-12-4-6-15-13(10-12)18(26-25-15)23-17-7-8-21-19(24-17)22-11-3-5-14(20)16(9-11)28-2/h3-10H,1-2H3,(H3,21,22,23,24,25,26). The monoisotopic (exact) mass is 380 g/mol. The highest BCUT2D eigenvalue weighted by atomic mass is 19.1. The van der Waals surface area contributed by atoms with Crippen LogP contribution >= 0.6 is 0 Å². The van der Waals surface area contributed by atoms with Gasteiger partial charge in [0.1, 0.15) is 11.6 Å². The molecule has 3 N–H and O–H groups in total. The third kappa shape index (κ3) is 3.50. The number of ether oxygens (including phenoxy) is 2. The maximum atomic E-state index is 13.6. The molecule has 4 rings (SSSR count). The van der Waals surface area contributed by atoms with Crippen molar-refractivity contribution in [3.63, 3.8) is 0 Å². The number of aromatic nitrogens is 4. The van der Waals surface area contributed by atoms with Crippen molar-refractivity contribution in [3.8, 4) is 11.5 Å². The Morgan fingerprint density at radius 3 is 2.71 bits per heavy atom. The van der Waals surface area contributed by atoms with E-state index in [9.17, 15) is 4.39 Å². The fraction of sp³-hybridized carbons (Fsp3) is 0.105. The van der Waals surface area contributed by atoms with E-state index in [4.69, 9.17) is 9.47 Å². The summed E-state index contributed by atoms with van der Waals surface area (Å²) in [6, 6.07) is 11.8. The molecular weight excluding hydrogens is 363 g/mol. The zero-order valence-corrected chi connectivity index (χ0v) is 15.2. The second-order valence-corrected chi connectivity index (χ2v) is 5.85. The van der Waals surface area contributed by atoms with E-state index in [0.717, 1.165) is 16.7 Å². The van der Waals surface area contributed by atoms with E-state index >= 15 is 0 Å². The number of fused-ring (bicyclic) bond motifs is 1. The van der Waals surface area contributed by atoms with E-state index < -0.39 is 5.82 Å².